The Balaban J connectivity index is 1.55. The topological polar surface area (TPSA) is 57.5 Å². The number of nitrogens with zero attached hydrogens (tertiary/aromatic N) is 1. The van der Waals surface area contributed by atoms with Crippen molar-refractivity contribution in [2.75, 3.05) is 13.1 Å². The average Bonchev–Trinajstić information content (AvgIpc) is 2.92. The van der Waals surface area contributed by atoms with Crippen LogP contribution in [0.25, 0.3) is 11.0 Å². The van der Waals surface area contributed by atoms with Crippen LogP contribution < -0.4 is 10.6 Å². The van der Waals surface area contributed by atoms with Crippen LogP contribution in [-0.4, -0.2) is 35.6 Å². The van der Waals surface area contributed by atoms with Crippen molar-refractivity contribution in [3.05, 3.63) is 35.6 Å². The Morgan fingerprint density at radius 2 is 1.88 bits per heavy atom. The number of hydrogen-bond acceptors (Lipinski definition) is 3. The largest absolute Gasteiger partial charge is 0.459 e. The Labute approximate surface area is 156 Å². The number of amides is 2. The van der Waals surface area contributed by atoms with E-state index in [0.29, 0.717) is 0 Å². The van der Waals surface area contributed by atoms with Crippen molar-refractivity contribution in [2.24, 2.45) is 0 Å². The average molecular weight is 357 g/mol. The maximum absolute atomic E-state index is 12.4. The van der Waals surface area contributed by atoms with Crippen LogP contribution in [0, 0.1) is 6.92 Å². The Morgan fingerprint density at radius 1 is 1.23 bits per heavy atom. The molecule has 0 bridgehead atoms. The lowest BCUT2D eigenvalue weighted by Crippen LogP contribution is -2.52. The summed E-state index contributed by atoms with van der Waals surface area (Å²) in [6.07, 6.45) is 1.98. The molecule has 1 aromatic heterocycles. The maximum Gasteiger partial charge on any atom is 0.315 e. The molecule has 0 spiro atoms. The zero-order valence-electron chi connectivity index (χ0n) is 16.6. The van der Waals surface area contributed by atoms with E-state index >= 15 is 0 Å². The first-order chi connectivity index (χ1) is 12.3. The quantitative estimate of drug-likeness (QED) is 0.858. The summed E-state index contributed by atoms with van der Waals surface area (Å²) in [6.45, 7) is 12.8. The van der Waals surface area contributed by atoms with Gasteiger partial charge >= 0.3 is 6.03 Å². The van der Waals surface area contributed by atoms with Crippen molar-refractivity contribution >= 4 is 17.0 Å². The van der Waals surface area contributed by atoms with E-state index in [-0.39, 0.29) is 23.7 Å². The number of rotatable bonds is 3. The van der Waals surface area contributed by atoms with Gasteiger partial charge in [0.25, 0.3) is 0 Å². The summed E-state index contributed by atoms with van der Waals surface area (Å²) < 4.78 is 5.95. The predicted octanol–water partition coefficient (Wildman–Crippen LogP) is 4.36. The van der Waals surface area contributed by atoms with Crippen molar-refractivity contribution in [1.82, 2.24) is 15.5 Å². The molecule has 1 aliphatic heterocycles. The van der Waals surface area contributed by atoms with Crippen LogP contribution in [-0.2, 0) is 0 Å². The van der Waals surface area contributed by atoms with E-state index in [1.54, 1.807) is 0 Å². The highest BCUT2D eigenvalue weighted by Gasteiger charge is 2.28. The van der Waals surface area contributed by atoms with Crippen LogP contribution >= 0.6 is 0 Å². The summed E-state index contributed by atoms with van der Waals surface area (Å²) in [7, 11) is 0. The second-order valence-electron chi connectivity index (χ2n) is 8.36. The van der Waals surface area contributed by atoms with Crippen LogP contribution in [0.3, 0.4) is 0 Å². The standard InChI is InChI=1S/C21H31N3O2/c1-14-17-8-6-7-9-18(17)26-19(14)15(2)22-20(25)23-16-10-12-24(13-11-16)21(3,4)5/h6-9,15-16H,10-13H2,1-5H3,(H2,22,23,25)/t15-/m0/s1. The first kappa shape index (κ1) is 18.8. The first-order valence-electron chi connectivity index (χ1n) is 9.56. The normalized spacial score (nSPS) is 18.0. The van der Waals surface area contributed by atoms with Gasteiger partial charge < -0.3 is 15.1 Å². The summed E-state index contributed by atoms with van der Waals surface area (Å²) in [4.78, 5) is 14.9. The van der Waals surface area contributed by atoms with Gasteiger partial charge in [0.2, 0.25) is 0 Å². The molecule has 5 nitrogen and oxygen atoms in total. The number of likely N-dealkylation sites (tertiary alicyclic amines) is 1. The van der Waals surface area contributed by atoms with E-state index in [0.717, 1.165) is 48.2 Å². The number of para-hydroxylation sites is 1. The fraction of sp³-hybridized carbons (Fsp3) is 0.571. The minimum Gasteiger partial charge on any atom is -0.459 e. The van der Waals surface area contributed by atoms with Crippen LogP contribution in [0.4, 0.5) is 4.79 Å². The lowest BCUT2D eigenvalue weighted by Gasteiger charge is -2.41. The molecule has 0 aliphatic carbocycles. The van der Waals surface area contributed by atoms with Crippen molar-refractivity contribution < 1.29 is 9.21 Å². The number of benzene rings is 1. The fourth-order valence-corrected chi connectivity index (χ4v) is 3.79. The van der Waals surface area contributed by atoms with E-state index in [9.17, 15) is 4.79 Å². The van der Waals surface area contributed by atoms with Gasteiger partial charge in [0.05, 0.1) is 6.04 Å². The third-order valence-corrected chi connectivity index (χ3v) is 5.40. The Bertz CT molecular complexity index is 767. The van der Waals surface area contributed by atoms with Gasteiger partial charge in [-0.15, -0.1) is 0 Å². The number of piperidine rings is 1. The molecule has 1 fully saturated rings. The monoisotopic (exact) mass is 357 g/mol. The van der Waals surface area contributed by atoms with Crippen LogP contribution in [0.5, 0.6) is 0 Å². The summed E-state index contributed by atoms with van der Waals surface area (Å²) in [6, 6.07) is 7.92. The van der Waals surface area contributed by atoms with Crippen molar-refractivity contribution in [1.29, 1.82) is 0 Å². The van der Waals surface area contributed by atoms with Gasteiger partial charge in [-0.3, -0.25) is 4.90 Å². The molecule has 1 aromatic carbocycles. The van der Waals surface area contributed by atoms with Gasteiger partial charge in [0, 0.05) is 35.6 Å². The number of fused-ring (bicyclic) bond motifs is 1. The lowest BCUT2D eigenvalue weighted by molar-refractivity contribution is 0.0977. The molecule has 2 N–H and O–H groups in total. The van der Waals surface area contributed by atoms with E-state index in [2.05, 4.69) is 36.3 Å². The summed E-state index contributed by atoms with van der Waals surface area (Å²) in [5.74, 6) is 0.823. The molecular formula is C21H31N3O2. The molecular weight excluding hydrogens is 326 g/mol. The molecule has 0 radical (unpaired) electrons. The third kappa shape index (κ3) is 4.04. The van der Waals surface area contributed by atoms with Crippen LogP contribution in [0.15, 0.2) is 28.7 Å². The minimum absolute atomic E-state index is 0.119. The predicted molar refractivity (Wildman–Crippen MR) is 105 cm³/mol. The van der Waals surface area contributed by atoms with Crippen molar-refractivity contribution in [3.63, 3.8) is 0 Å². The molecule has 1 saturated heterocycles. The highest BCUT2D eigenvalue weighted by Crippen LogP contribution is 2.29. The molecule has 2 aromatic rings. The molecule has 1 atom stereocenters. The first-order valence-corrected chi connectivity index (χ1v) is 9.56. The Morgan fingerprint density at radius 3 is 2.50 bits per heavy atom. The number of carbonyl (C=O) groups excluding carboxylic acids is 1. The summed E-state index contributed by atoms with van der Waals surface area (Å²) >= 11 is 0. The molecule has 142 valence electrons. The summed E-state index contributed by atoms with van der Waals surface area (Å²) in [5, 5.41) is 7.26. The van der Waals surface area contributed by atoms with Gasteiger partial charge in [0.1, 0.15) is 11.3 Å². The molecule has 5 heteroatoms. The second-order valence-corrected chi connectivity index (χ2v) is 8.36. The Hall–Kier alpha value is -2.01. The van der Waals surface area contributed by atoms with E-state index < -0.39 is 0 Å². The molecule has 0 unspecified atom stereocenters. The number of nitrogens with one attached hydrogen (secondary N) is 2. The Kier molecular flexibility index (Phi) is 5.28. The molecule has 2 amide bonds. The van der Waals surface area contributed by atoms with E-state index in [1.165, 1.54) is 0 Å². The van der Waals surface area contributed by atoms with Gasteiger partial charge in [-0.25, -0.2) is 4.79 Å². The third-order valence-electron chi connectivity index (χ3n) is 5.40. The maximum atomic E-state index is 12.4. The zero-order valence-corrected chi connectivity index (χ0v) is 16.6. The SMILES string of the molecule is Cc1c([C@H](C)NC(=O)NC2CCN(C(C)(C)C)CC2)oc2ccccc12. The smallest absolute Gasteiger partial charge is 0.315 e. The number of aryl methyl sites for hydroxylation is 1. The molecule has 26 heavy (non-hydrogen) atoms. The lowest BCUT2D eigenvalue weighted by atomic mass is 9.98. The number of furan rings is 1. The minimum atomic E-state index is -0.169. The highest BCUT2D eigenvalue weighted by molar-refractivity contribution is 5.82. The zero-order chi connectivity index (χ0) is 18.9. The van der Waals surface area contributed by atoms with Gasteiger partial charge in [-0.1, -0.05) is 18.2 Å². The van der Waals surface area contributed by atoms with Crippen molar-refractivity contribution in [3.8, 4) is 0 Å². The number of carbonyl (C=O) groups is 1. The van der Waals surface area contributed by atoms with Gasteiger partial charge in [-0.05, 0) is 53.5 Å². The number of hydrogen-bond donors (Lipinski definition) is 2. The van der Waals surface area contributed by atoms with E-state index in [4.69, 9.17) is 4.42 Å². The molecule has 2 heterocycles. The highest BCUT2D eigenvalue weighted by atomic mass is 16.3. The van der Waals surface area contributed by atoms with E-state index in [1.807, 2.05) is 38.1 Å². The second kappa shape index (κ2) is 7.31. The molecule has 0 saturated carbocycles. The van der Waals surface area contributed by atoms with Gasteiger partial charge in [0.15, 0.2) is 0 Å². The molecule has 1 aliphatic rings. The van der Waals surface area contributed by atoms with Crippen LogP contribution in [0.1, 0.15) is 57.9 Å². The number of urea groups is 1. The summed E-state index contributed by atoms with van der Waals surface area (Å²) in [5.41, 5.74) is 2.15. The van der Waals surface area contributed by atoms with Crippen molar-refractivity contribution in [2.45, 2.75) is 65.1 Å². The fourth-order valence-electron chi connectivity index (χ4n) is 3.79. The molecule has 3 rings (SSSR count). The van der Waals surface area contributed by atoms with Gasteiger partial charge in [-0.2, -0.15) is 0 Å². The van der Waals surface area contributed by atoms with Crippen LogP contribution in [0.2, 0.25) is 0 Å².